The van der Waals surface area contributed by atoms with Crippen molar-refractivity contribution < 1.29 is 0 Å². The van der Waals surface area contributed by atoms with Crippen LogP contribution in [0.25, 0.3) is 11.2 Å². The second-order valence-corrected chi connectivity index (χ2v) is 2.05. The van der Waals surface area contributed by atoms with Gasteiger partial charge >= 0.3 is 0 Å². The first-order chi connectivity index (χ1) is 5.27. The SMILES string of the molecule is Cl.Cl.Nc1nc2[nH]cnc2c(=O)[nH]1. The minimum atomic E-state index is -0.325. The van der Waals surface area contributed by atoms with Crippen LogP contribution in [0.1, 0.15) is 0 Å². The summed E-state index contributed by atoms with van der Waals surface area (Å²) in [7, 11) is 0. The number of hydrogen-bond acceptors (Lipinski definition) is 4. The number of nitrogen functional groups attached to an aromatic ring is 1. The van der Waals surface area contributed by atoms with E-state index in [-0.39, 0.29) is 41.8 Å². The molecule has 0 radical (unpaired) electrons. The molecule has 0 unspecified atom stereocenters. The van der Waals surface area contributed by atoms with Crippen LogP contribution in [-0.2, 0) is 0 Å². The van der Waals surface area contributed by atoms with E-state index in [9.17, 15) is 4.79 Å². The molecule has 2 rings (SSSR count). The zero-order chi connectivity index (χ0) is 7.84. The van der Waals surface area contributed by atoms with E-state index >= 15 is 0 Å². The fourth-order valence-electron chi connectivity index (χ4n) is 0.863. The number of aromatic amines is 2. The molecule has 0 saturated heterocycles. The third-order valence-corrected chi connectivity index (χ3v) is 1.31. The number of rotatable bonds is 0. The molecule has 13 heavy (non-hydrogen) atoms. The molecule has 0 aliphatic rings. The first kappa shape index (κ1) is 11.7. The lowest BCUT2D eigenvalue weighted by molar-refractivity contribution is 1.17. The van der Waals surface area contributed by atoms with Gasteiger partial charge in [0, 0.05) is 0 Å². The number of aromatic nitrogens is 4. The van der Waals surface area contributed by atoms with Crippen LogP contribution in [0, 0.1) is 0 Å². The van der Waals surface area contributed by atoms with Gasteiger partial charge in [0.2, 0.25) is 5.95 Å². The maximum Gasteiger partial charge on any atom is 0.280 e. The van der Waals surface area contributed by atoms with Crippen molar-refractivity contribution in [3.63, 3.8) is 0 Å². The lowest BCUT2D eigenvalue weighted by Crippen LogP contribution is -2.10. The Morgan fingerprint density at radius 1 is 1.38 bits per heavy atom. The highest BCUT2D eigenvalue weighted by Crippen LogP contribution is 1.98. The molecule has 0 aliphatic heterocycles. The molecule has 2 aromatic heterocycles. The van der Waals surface area contributed by atoms with Gasteiger partial charge in [-0.1, -0.05) is 0 Å². The van der Waals surface area contributed by atoms with Crippen molar-refractivity contribution in [2.24, 2.45) is 0 Å². The number of nitrogens with zero attached hydrogens (tertiary/aromatic N) is 2. The lowest BCUT2D eigenvalue weighted by atomic mass is 10.5. The second kappa shape index (κ2) is 4.11. The molecule has 0 amide bonds. The topological polar surface area (TPSA) is 100 Å². The van der Waals surface area contributed by atoms with Crippen molar-refractivity contribution in [2.75, 3.05) is 5.73 Å². The van der Waals surface area contributed by atoms with Crippen molar-refractivity contribution in [1.29, 1.82) is 0 Å². The Morgan fingerprint density at radius 2 is 2.08 bits per heavy atom. The third-order valence-electron chi connectivity index (χ3n) is 1.31. The molecular weight excluding hydrogens is 217 g/mol. The third kappa shape index (κ3) is 1.90. The van der Waals surface area contributed by atoms with E-state index in [4.69, 9.17) is 5.73 Å². The molecule has 2 aromatic rings. The predicted octanol–water partition coefficient (Wildman–Crippen LogP) is 0.0720. The van der Waals surface area contributed by atoms with Gasteiger partial charge in [0.1, 0.15) is 0 Å². The average Bonchev–Trinajstić information content (AvgIpc) is 2.34. The summed E-state index contributed by atoms with van der Waals surface area (Å²) in [5.74, 6) is 0.0896. The van der Waals surface area contributed by atoms with E-state index in [1.807, 2.05) is 0 Å². The van der Waals surface area contributed by atoms with Crippen molar-refractivity contribution in [1.82, 2.24) is 19.9 Å². The summed E-state index contributed by atoms with van der Waals surface area (Å²) in [6.07, 6.45) is 1.40. The predicted molar refractivity (Wildman–Crippen MR) is 53.4 cm³/mol. The second-order valence-electron chi connectivity index (χ2n) is 2.05. The summed E-state index contributed by atoms with van der Waals surface area (Å²) in [6.45, 7) is 0. The first-order valence-corrected chi connectivity index (χ1v) is 2.96. The zero-order valence-corrected chi connectivity index (χ0v) is 7.91. The molecule has 0 fully saturated rings. The lowest BCUT2D eigenvalue weighted by Gasteiger charge is -1.89. The fourth-order valence-corrected chi connectivity index (χ4v) is 0.863. The van der Waals surface area contributed by atoms with Crippen LogP contribution in [-0.4, -0.2) is 19.9 Å². The molecule has 4 N–H and O–H groups in total. The van der Waals surface area contributed by atoms with Crippen molar-refractivity contribution in [2.45, 2.75) is 0 Å². The van der Waals surface area contributed by atoms with Gasteiger partial charge in [0.15, 0.2) is 11.2 Å². The number of H-pyrrole nitrogens is 2. The van der Waals surface area contributed by atoms with E-state index in [1.165, 1.54) is 6.33 Å². The van der Waals surface area contributed by atoms with Crippen LogP contribution in [0.15, 0.2) is 11.1 Å². The fraction of sp³-hybridized carbons (Fsp3) is 0. The van der Waals surface area contributed by atoms with Crippen LogP contribution >= 0.6 is 24.8 Å². The Balaban J connectivity index is 0.000000720. The van der Waals surface area contributed by atoms with Gasteiger partial charge in [0.05, 0.1) is 6.33 Å². The molecule has 2 heterocycles. The zero-order valence-electron chi connectivity index (χ0n) is 6.27. The van der Waals surface area contributed by atoms with Gasteiger partial charge in [-0.2, -0.15) is 4.98 Å². The van der Waals surface area contributed by atoms with E-state index in [0.717, 1.165) is 0 Å². The Labute approximate surface area is 84.8 Å². The molecule has 0 aliphatic carbocycles. The first-order valence-electron chi connectivity index (χ1n) is 2.96. The quantitative estimate of drug-likeness (QED) is 0.589. The molecular formula is C5H7Cl2N5O. The van der Waals surface area contributed by atoms with Crippen LogP contribution in [0.4, 0.5) is 5.95 Å². The standard InChI is InChI=1S/C5H5N5O.2ClH/c6-5-9-3-2(4(11)10-5)7-1-8-3;;/h1H,(H4,6,7,8,9,10,11);2*1H. The minimum absolute atomic E-state index is 0. The Kier molecular flexibility index (Phi) is 3.70. The summed E-state index contributed by atoms with van der Waals surface area (Å²) >= 11 is 0. The Hall–Kier alpha value is -1.27. The van der Waals surface area contributed by atoms with E-state index in [2.05, 4.69) is 19.9 Å². The number of hydrogen-bond donors (Lipinski definition) is 3. The monoisotopic (exact) mass is 223 g/mol. The molecule has 0 atom stereocenters. The van der Waals surface area contributed by atoms with Crippen LogP contribution in [0.5, 0.6) is 0 Å². The van der Waals surface area contributed by atoms with Gasteiger partial charge in [-0.15, -0.1) is 24.8 Å². The van der Waals surface area contributed by atoms with E-state index in [0.29, 0.717) is 5.65 Å². The van der Waals surface area contributed by atoms with Crippen molar-refractivity contribution in [3.05, 3.63) is 16.7 Å². The maximum absolute atomic E-state index is 11.0. The Morgan fingerprint density at radius 3 is 2.77 bits per heavy atom. The number of nitrogens with one attached hydrogen (secondary N) is 2. The van der Waals surface area contributed by atoms with Gasteiger partial charge in [0.25, 0.3) is 5.56 Å². The molecule has 8 heteroatoms. The number of fused-ring (bicyclic) bond motifs is 1. The van der Waals surface area contributed by atoms with Gasteiger partial charge < -0.3 is 10.7 Å². The van der Waals surface area contributed by atoms with Gasteiger partial charge in [-0.25, -0.2) is 4.98 Å². The molecule has 0 saturated carbocycles. The van der Waals surface area contributed by atoms with Crippen LogP contribution in [0.2, 0.25) is 0 Å². The number of nitrogens with two attached hydrogens (primary N) is 1. The van der Waals surface area contributed by atoms with Crippen molar-refractivity contribution in [3.8, 4) is 0 Å². The summed E-state index contributed by atoms with van der Waals surface area (Å²) < 4.78 is 0. The number of halogens is 2. The van der Waals surface area contributed by atoms with Gasteiger partial charge in [-0.3, -0.25) is 9.78 Å². The smallest absolute Gasteiger partial charge is 0.280 e. The summed E-state index contributed by atoms with van der Waals surface area (Å²) in [5.41, 5.74) is 5.63. The summed E-state index contributed by atoms with van der Waals surface area (Å²) in [5, 5.41) is 0. The molecule has 0 bridgehead atoms. The highest BCUT2D eigenvalue weighted by atomic mass is 35.5. The number of imidazole rings is 1. The largest absolute Gasteiger partial charge is 0.369 e. The van der Waals surface area contributed by atoms with Gasteiger partial charge in [-0.05, 0) is 0 Å². The summed E-state index contributed by atoms with van der Waals surface area (Å²) in [4.78, 5) is 23.6. The van der Waals surface area contributed by atoms with Crippen LogP contribution in [0.3, 0.4) is 0 Å². The highest BCUT2D eigenvalue weighted by Gasteiger charge is 2.01. The molecule has 0 aromatic carbocycles. The highest BCUT2D eigenvalue weighted by molar-refractivity contribution is 5.85. The summed E-state index contributed by atoms with van der Waals surface area (Å²) in [6, 6.07) is 0. The molecule has 0 spiro atoms. The minimum Gasteiger partial charge on any atom is -0.369 e. The Bertz CT molecular complexity index is 449. The molecule has 72 valence electrons. The number of anilines is 1. The van der Waals surface area contributed by atoms with E-state index < -0.39 is 0 Å². The maximum atomic E-state index is 11.0. The molecule has 6 nitrogen and oxygen atoms in total. The van der Waals surface area contributed by atoms with Crippen molar-refractivity contribution >= 4 is 41.9 Å². The van der Waals surface area contributed by atoms with Crippen LogP contribution < -0.4 is 11.3 Å². The van der Waals surface area contributed by atoms with E-state index in [1.54, 1.807) is 0 Å². The average molecular weight is 224 g/mol. The normalized spacial score (nSPS) is 8.92.